The van der Waals surface area contributed by atoms with E-state index in [2.05, 4.69) is 24.6 Å². The van der Waals surface area contributed by atoms with E-state index in [4.69, 9.17) is 32.0 Å². The fraction of sp³-hybridized carbons (Fsp3) is 0.109. The average Bonchev–Trinajstić information content (AvgIpc) is 4.10. The summed E-state index contributed by atoms with van der Waals surface area (Å²) in [6, 6.07) is 36.6. The van der Waals surface area contributed by atoms with Crippen molar-refractivity contribution < 1.29 is 34.1 Å². The molecule has 0 spiro atoms. The zero-order chi connectivity index (χ0) is 47.0. The summed E-state index contributed by atoms with van der Waals surface area (Å²) in [6.07, 6.45) is 3.34. The van der Waals surface area contributed by atoms with Crippen LogP contribution in [0.2, 0.25) is 10.0 Å². The summed E-state index contributed by atoms with van der Waals surface area (Å²) in [5, 5.41) is 9.50. The molecular formula is C46H40Cl2N6O8S4. The minimum Gasteiger partial charge on any atom is -0.459 e. The molecule has 0 aliphatic rings. The van der Waals surface area contributed by atoms with Gasteiger partial charge in [-0.3, -0.25) is 14.2 Å². The zero-order valence-electron chi connectivity index (χ0n) is 35.4. The van der Waals surface area contributed by atoms with Gasteiger partial charge in [-0.15, -0.1) is 11.3 Å². The van der Waals surface area contributed by atoms with Gasteiger partial charge in [-0.2, -0.15) is 13.5 Å². The van der Waals surface area contributed by atoms with Crippen LogP contribution in [-0.4, -0.2) is 35.0 Å². The molecule has 340 valence electrons. The number of nitrogens with one attached hydrogen (secondary N) is 4. The highest BCUT2D eigenvalue weighted by Gasteiger charge is 2.28. The van der Waals surface area contributed by atoms with E-state index in [9.17, 15) is 25.3 Å². The average molecular weight is 1000 g/mol. The molecule has 5 aromatic carbocycles. The van der Waals surface area contributed by atoms with E-state index in [0.29, 0.717) is 33.1 Å². The number of nitrogens with zero attached hydrogens (tertiary/aromatic N) is 2. The Labute approximate surface area is 395 Å². The number of para-hydroxylation sites is 2. The molecule has 20 heteroatoms. The maximum atomic E-state index is 13.0. The van der Waals surface area contributed by atoms with E-state index >= 15 is 0 Å². The Kier molecular flexibility index (Phi) is 12.7. The van der Waals surface area contributed by atoms with Crippen molar-refractivity contribution in [2.24, 2.45) is 0 Å². The molecule has 0 aliphatic heterocycles. The van der Waals surface area contributed by atoms with E-state index < -0.39 is 35.6 Å². The number of thiophene rings is 1. The lowest BCUT2D eigenvalue weighted by Crippen LogP contribution is -2.28. The number of rotatable bonds is 13. The second kappa shape index (κ2) is 18.2. The molecule has 0 fully saturated rings. The van der Waals surface area contributed by atoms with Crippen LogP contribution >= 0.6 is 34.5 Å². The van der Waals surface area contributed by atoms with Gasteiger partial charge in [-0.05, 0) is 119 Å². The number of hydrogen-bond acceptors (Lipinski definition) is 11. The number of anilines is 4. The highest BCUT2D eigenvalue weighted by molar-refractivity contribution is 7.93. The molecule has 0 saturated carbocycles. The van der Waals surface area contributed by atoms with Gasteiger partial charge in [0.25, 0.3) is 30.1 Å². The predicted molar refractivity (Wildman–Crippen MR) is 262 cm³/mol. The number of sulfonamides is 3. The Morgan fingerprint density at radius 1 is 0.606 bits per heavy atom. The van der Waals surface area contributed by atoms with Gasteiger partial charge in [-0.1, -0.05) is 59.6 Å². The quantitative estimate of drug-likeness (QED) is 0.0863. The fourth-order valence-corrected chi connectivity index (χ4v) is 11.9. The Bertz CT molecular complexity index is 3510. The van der Waals surface area contributed by atoms with Gasteiger partial charge < -0.3 is 14.2 Å². The number of furan rings is 2. The smallest absolute Gasteiger partial charge is 0.295 e. The van der Waals surface area contributed by atoms with E-state index in [0.717, 1.165) is 26.5 Å². The van der Waals surface area contributed by atoms with Gasteiger partial charge >= 0.3 is 0 Å². The third-order valence-electron chi connectivity index (χ3n) is 10.1. The van der Waals surface area contributed by atoms with Gasteiger partial charge in [0.1, 0.15) is 21.8 Å². The first-order valence-electron chi connectivity index (χ1n) is 19.9. The van der Waals surface area contributed by atoms with E-state index in [-0.39, 0.29) is 31.3 Å². The van der Waals surface area contributed by atoms with Crippen LogP contribution in [0.4, 0.5) is 22.7 Å². The Hall–Kier alpha value is -6.28. The summed E-state index contributed by atoms with van der Waals surface area (Å²) in [7, 11) is -12.0. The second-order valence-electron chi connectivity index (χ2n) is 15.4. The lowest BCUT2D eigenvalue weighted by Gasteiger charge is -2.27. The van der Waals surface area contributed by atoms with Crippen molar-refractivity contribution in [3.05, 3.63) is 171 Å². The van der Waals surface area contributed by atoms with Crippen LogP contribution in [0.1, 0.15) is 29.4 Å². The first-order valence-corrected chi connectivity index (χ1v) is 25.9. The van der Waals surface area contributed by atoms with Gasteiger partial charge in [0.15, 0.2) is 0 Å². The number of aryl methyl sites for hydroxylation is 2. The number of aromatic nitrogens is 2. The molecule has 9 aromatic rings. The van der Waals surface area contributed by atoms with Crippen LogP contribution in [0.25, 0.3) is 27.6 Å². The van der Waals surface area contributed by atoms with Crippen LogP contribution in [0.3, 0.4) is 0 Å². The van der Waals surface area contributed by atoms with E-state index in [1.54, 1.807) is 90.7 Å². The van der Waals surface area contributed by atoms with Crippen LogP contribution in [-0.2, 0) is 35.6 Å². The van der Waals surface area contributed by atoms with Crippen LogP contribution in [0, 0.1) is 13.8 Å². The van der Waals surface area contributed by atoms with Gasteiger partial charge in [-0.25, -0.2) is 21.5 Å². The number of benzene rings is 5. The molecule has 0 bridgehead atoms. The molecule has 0 saturated heterocycles. The molecule has 0 unspecified atom stereocenters. The molecule has 9 rings (SSSR count). The lowest BCUT2D eigenvalue weighted by molar-refractivity contribution is 0.440. The molecule has 14 nitrogen and oxygen atoms in total. The molecule has 0 radical (unpaired) electrons. The monoisotopic (exact) mass is 1000 g/mol. The molecule has 0 atom stereocenters. The summed E-state index contributed by atoms with van der Waals surface area (Å²) in [5.74, 6) is 0.729. The normalized spacial score (nSPS) is 12.2. The first kappa shape index (κ1) is 46.3. The van der Waals surface area contributed by atoms with Crippen molar-refractivity contribution in [1.82, 2.24) is 9.78 Å². The topological polar surface area (TPSA) is 195 Å². The SMILES string of the molecule is Cc1cc(S(=O)(=O)Nc2ccc(Cl)cc2NC(C)(C)c2cc3ccccc3o2)c(C)s1.O=S(=O)(Nc1ccc(Cl)cc1NS(=O)(=O)c1cc2ccccc2o1)c1ccc(-n2cccn2)cc1. The second-order valence-corrected chi connectivity index (χ2v) is 22.7. The van der Waals surface area contributed by atoms with Crippen molar-refractivity contribution in [3.63, 3.8) is 0 Å². The van der Waals surface area contributed by atoms with Crippen LogP contribution < -0.4 is 19.5 Å². The van der Waals surface area contributed by atoms with E-state index in [1.165, 1.54) is 47.7 Å². The number of fused-ring (bicyclic) bond motifs is 2. The maximum absolute atomic E-state index is 13.0. The zero-order valence-corrected chi connectivity index (χ0v) is 40.2. The maximum Gasteiger partial charge on any atom is 0.295 e. The predicted octanol–water partition coefficient (Wildman–Crippen LogP) is 11.8. The largest absolute Gasteiger partial charge is 0.459 e. The van der Waals surface area contributed by atoms with Crippen molar-refractivity contribution in [1.29, 1.82) is 0 Å². The number of hydrogen-bond donors (Lipinski definition) is 4. The summed E-state index contributed by atoms with van der Waals surface area (Å²) < 4.78 is 98.7. The van der Waals surface area contributed by atoms with Crippen molar-refractivity contribution >= 4 is 109 Å². The molecule has 4 heterocycles. The molecular weight excluding hydrogens is 964 g/mol. The summed E-state index contributed by atoms with van der Waals surface area (Å²) >= 11 is 13.8. The summed E-state index contributed by atoms with van der Waals surface area (Å²) in [5.41, 5.74) is 2.16. The van der Waals surface area contributed by atoms with Crippen LogP contribution in [0.15, 0.2) is 170 Å². The first-order chi connectivity index (χ1) is 31.3. The van der Waals surface area contributed by atoms with Crippen molar-refractivity contribution in [2.75, 3.05) is 19.5 Å². The Balaban J connectivity index is 0.000000181. The van der Waals surface area contributed by atoms with Crippen LogP contribution in [0.5, 0.6) is 0 Å². The molecule has 0 amide bonds. The molecule has 4 aromatic heterocycles. The standard InChI is InChI=1S/C23H17ClN4O5S2.C23H23ClN2O3S2/c24-17-6-11-20(26-34(29,30)19-9-7-18(8-10-19)28-13-3-12-25-28)21(15-17)27-35(31,32)23-14-16-4-1-2-5-22(16)33-23;1-14-11-21(15(2)30-14)31(27,28)26-18-10-9-17(24)13-19(18)25-23(3,4)22-12-16-7-5-6-8-20(16)29-22/h1-15,26-27H;5-13,25-26H,1-4H3. The summed E-state index contributed by atoms with van der Waals surface area (Å²) in [4.78, 5) is 1.95. The highest BCUT2D eigenvalue weighted by Crippen LogP contribution is 2.37. The number of halogens is 2. The lowest BCUT2D eigenvalue weighted by atomic mass is 10.0. The Morgan fingerprint density at radius 3 is 1.77 bits per heavy atom. The van der Waals surface area contributed by atoms with Crippen molar-refractivity contribution in [3.8, 4) is 5.69 Å². The Morgan fingerprint density at radius 2 is 1.18 bits per heavy atom. The van der Waals surface area contributed by atoms with Gasteiger partial charge in [0, 0.05) is 49.0 Å². The van der Waals surface area contributed by atoms with E-state index in [1.807, 2.05) is 51.1 Å². The molecule has 4 N–H and O–H groups in total. The minimum atomic E-state index is -4.19. The van der Waals surface area contributed by atoms with Gasteiger partial charge in [0.2, 0.25) is 5.09 Å². The third kappa shape index (κ3) is 10.2. The third-order valence-corrected chi connectivity index (χ3v) is 15.7. The molecule has 0 aliphatic carbocycles. The molecule has 66 heavy (non-hydrogen) atoms. The van der Waals surface area contributed by atoms with Gasteiger partial charge in [0.05, 0.1) is 38.9 Å². The minimum absolute atomic E-state index is 0.00904. The fourth-order valence-electron chi connectivity index (χ4n) is 6.85. The van der Waals surface area contributed by atoms with Crippen molar-refractivity contribution in [2.45, 2.75) is 48.1 Å². The summed E-state index contributed by atoms with van der Waals surface area (Å²) in [6.45, 7) is 7.63. The highest BCUT2D eigenvalue weighted by atomic mass is 35.5.